The predicted molar refractivity (Wildman–Crippen MR) is 153 cm³/mol. The van der Waals surface area contributed by atoms with E-state index in [0.29, 0.717) is 22.5 Å². The van der Waals surface area contributed by atoms with Crippen molar-refractivity contribution in [2.24, 2.45) is 10.9 Å². The zero-order valence-electron chi connectivity index (χ0n) is 22.3. The Hall–Kier alpha value is -2.82. The number of halogens is 2. The maximum atomic E-state index is 13.9. The number of hydrogen-bond donors (Lipinski definition) is 0. The third-order valence-electron chi connectivity index (χ3n) is 6.61. The van der Waals surface area contributed by atoms with E-state index in [1.807, 2.05) is 80.3 Å². The van der Waals surface area contributed by atoms with Crippen molar-refractivity contribution in [2.45, 2.75) is 59.0 Å². The number of aliphatic imine (C=N–C) groups is 1. The third-order valence-corrected chi connectivity index (χ3v) is 7.11. The Balaban J connectivity index is 1.95. The number of carbonyl (C=O) groups excluding carboxylic acids is 1. The summed E-state index contributed by atoms with van der Waals surface area (Å²) in [6.07, 6.45) is 0. The molecular formula is C31H34Cl2N2O2. The molecule has 194 valence electrons. The van der Waals surface area contributed by atoms with Crippen LogP contribution in [0.5, 0.6) is 5.75 Å². The number of amidine groups is 1. The Morgan fingerprint density at radius 1 is 0.946 bits per heavy atom. The summed E-state index contributed by atoms with van der Waals surface area (Å²) in [5.41, 5.74) is 3.85. The van der Waals surface area contributed by atoms with E-state index >= 15 is 0 Å². The molecule has 1 amide bonds. The normalized spacial score (nSPS) is 17.8. The van der Waals surface area contributed by atoms with Crippen molar-refractivity contribution in [3.05, 3.63) is 99.0 Å². The summed E-state index contributed by atoms with van der Waals surface area (Å²) in [4.78, 5) is 20.9. The van der Waals surface area contributed by atoms with Gasteiger partial charge in [-0.15, -0.1) is 0 Å². The molecule has 0 N–H and O–H groups in total. The first-order chi connectivity index (χ1) is 17.5. The number of amides is 1. The van der Waals surface area contributed by atoms with E-state index in [0.717, 1.165) is 28.0 Å². The monoisotopic (exact) mass is 536 g/mol. The molecule has 0 fully saturated rings. The van der Waals surface area contributed by atoms with Gasteiger partial charge in [0.1, 0.15) is 17.6 Å². The number of nitrogens with zero attached hydrogens (tertiary/aromatic N) is 2. The average molecular weight is 538 g/mol. The van der Waals surface area contributed by atoms with Gasteiger partial charge in [-0.1, -0.05) is 88.2 Å². The highest BCUT2D eigenvalue weighted by Gasteiger charge is 2.43. The Bertz CT molecular complexity index is 1290. The van der Waals surface area contributed by atoms with Gasteiger partial charge in [-0.05, 0) is 65.4 Å². The fourth-order valence-corrected chi connectivity index (χ4v) is 4.87. The quantitative estimate of drug-likeness (QED) is 0.317. The van der Waals surface area contributed by atoms with E-state index in [2.05, 4.69) is 32.9 Å². The lowest BCUT2D eigenvalue weighted by Crippen LogP contribution is -2.40. The Kier molecular flexibility index (Phi) is 8.01. The molecule has 1 heterocycles. The van der Waals surface area contributed by atoms with Crippen LogP contribution in [0.1, 0.15) is 75.9 Å². The van der Waals surface area contributed by atoms with E-state index < -0.39 is 0 Å². The van der Waals surface area contributed by atoms with Crippen molar-refractivity contribution < 1.29 is 9.53 Å². The highest BCUT2D eigenvalue weighted by molar-refractivity contribution is 6.30. The zero-order valence-corrected chi connectivity index (χ0v) is 23.8. The van der Waals surface area contributed by atoms with Crippen molar-refractivity contribution in [2.75, 3.05) is 6.61 Å². The minimum atomic E-state index is -0.347. The molecule has 1 aliphatic heterocycles. The van der Waals surface area contributed by atoms with Crippen LogP contribution < -0.4 is 4.74 Å². The van der Waals surface area contributed by atoms with Gasteiger partial charge in [-0.25, -0.2) is 0 Å². The fourth-order valence-electron chi connectivity index (χ4n) is 4.61. The van der Waals surface area contributed by atoms with Crippen molar-refractivity contribution in [1.29, 1.82) is 0 Å². The molecule has 4 nitrogen and oxygen atoms in total. The lowest BCUT2D eigenvalue weighted by molar-refractivity contribution is -0.132. The molecule has 0 bridgehead atoms. The molecule has 0 radical (unpaired) electrons. The van der Waals surface area contributed by atoms with Crippen molar-refractivity contribution in [3.8, 4) is 5.75 Å². The van der Waals surface area contributed by atoms with E-state index in [4.69, 9.17) is 32.9 Å². The van der Waals surface area contributed by atoms with E-state index in [1.54, 1.807) is 0 Å². The molecule has 0 saturated heterocycles. The number of rotatable bonds is 6. The minimum absolute atomic E-state index is 0.00231. The van der Waals surface area contributed by atoms with Crippen LogP contribution in [0.2, 0.25) is 10.0 Å². The van der Waals surface area contributed by atoms with Gasteiger partial charge in [-0.3, -0.25) is 14.7 Å². The minimum Gasteiger partial charge on any atom is -0.493 e. The first-order valence-corrected chi connectivity index (χ1v) is 13.5. The first-order valence-electron chi connectivity index (χ1n) is 12.7. The van der Waals surface area contributed by atoms with Crippen LogP contribution in [0.3, 0.4) is 0 Å². The maximum absolute atomic E-state index is 13.9. The molecule has 0 unspecified atom stereocenters. The van der Waals surface area contributed by atoms with Crippen LogP contribution >= 0.6 is 23.2 Å². The summed E-state index contributed by atoms with van der Waals surface area (Å²) >= 11 is 12.4. The van der Waals surface area contributed by atoms with Crippen LogP contribution in [0, 0.1) is 5.92 Å². The number of ether oxygens (including phenoxy) is 1. The van der Waals surface area contributed by atoms with Crippen LogP contribution in [0.4, 0.5) is 0 Å². The molecule has 0 spiro atoms. The van der Waals surface area contributed by atoms with Gasteiger partial charge in [0.05, 0.1) is 18.2 Å². The molecule has 3 aromatic rings. The SMILES string of the molecule is CCOc1cc(C(C)(C)C)ccc1C1=N[C@@H](c2ccc(Cl)cc2)[C@@H](c2ccc(Cl)cc2)N1C(=O)C(C)C. The molecule has 0 aromatic heterocycles. The standard InChI is InChI=1S/C31H34Cl2N2O2/c1-7-37-26-18-22(31(4,5)6)12-17-25(26)29-34-27(20-8-13-23(32)14-9-20)28(35(29)30(36)19(2)3)21-10-15-24(33)16-11-21/h8-19,27-28H,7H2,1-6H3/t27-,28+/m0/s1. The van der Waals surface area contributed by atoms with E-state index in [1.165, 1.54) is 0 Å². The van der Waals surface area contributed by atoms with Crippen LogP contribution in [0.15, 0.2) is 71.7 Å². The number of carbonyl (C=O) groups is 1. The summed E-state index contributed by atoms with van der Waals surface area (Å²) in [6, 6.07) is 20.9. The van der Waals surface area contributed by atoms with Crippen molar-refractivity contribution in [1.82, 2.24) is 4.90 Å². The van der Waals surface area contributed by atoms with Crippen molar-refractivity contribution in [3.63, 3.8) is 0 Å². The van der Waals surface area contributed by atoms with Gasteiger partial charge in [-0.2, -0.15) is 0 Å². The number of benzene rings is 3. The summed E-state index contributed by atoms with van der Waals surface area (Å²) in [7, 11) is 0. The second kappa shape index (κ2) is 10.9. The summed E-state index contributed by atoms with van der Waals surface area (Å²) < 4.78 is 6.13. The Labute approximate surface area is 230 Å². The smallest absolute Gasteiger partial charge is 0.231 e. The van der Waals surface area contributed by atoms with Gasteiger partial charge in [0.2, 0.25) is 5.91 Å². The Morgan fingerprint density at radius 2 is 1.51 bits per heavy atom. The van der Waals surface area contributed by atoms with Crippen molar-refractivity contribution >= 4 is 34.9 Å². The molecule has 6 heteroatoms. The molecule has 3 aromatic carbocycles. The average Bonchev–Trinajstić information content (AvgIpc) is 3.24. The van der Waals surface area contributed by atoms with Gasteiger partial charge >= 0.3 is 0 Å². The second-order valence-corrected chi connectivity index (χ2v) is 11.6. The fraction of sp³-hybridized carbons (Fsp3) is 0.355. The van der Waals surface area contributed by atoms with Gasteiger partial charge in [0.15, 0.2) is 0 Å². The summed E-state index contributed by atoms with van der Waals surface area (Å²) in [5.74, 6) is 1.11. The van der Waals surface area contributed by atoms with Gasteiger partial charge in [0.25, 0.3) is 0 Å². The third kappa shape index (κ3) is 5.71. The molecular weight excluding hydrogens is 503 g/mol. The molecule has 1 aliphatic rings. The lowest BCUT2D eigenvalue weighted by atomic mass is 9.86. The Morgan fingerprint density at radius 3 is 2.03 bits per heavy atom. The second-order valence-electron chi connectivity index (χ2n) is 10.7. The summed E-state index contributed by atoms with van der Waals surface area (Å²) in [6.45, 7) is 12.8. The zero-order chi connectivity index (χ0) is 26.9. The molecule has 0 aliphatic carbocycles. The predicted octanol–water partition coefficient (Wildman–Crippen LogP) is 8.42. The summed E-state index contributed by atoms with van der Waals surface area (Å²) in [5, 5.41) is 1.30. The molecule has 4 rings (SSSR count). The lowest BCUT2D eigenvalue weighted by Gasteiger charge is -2.31. The van der Waals surface area contributed by atoms with Gasteiger partial charge in [0, 0.05) is 16.0 Å². The number of hydrogen-bond acceptors (Lipinski definition) is 3. The molecule has 2 atom stereocenters. The maximum Gasteiger partial charge on any atom is 0.231 e. The molecule has 37 heavy (non-hydrogen) atoms. The molecule has 0 saturated carbocycles. The van der Waals surface area contributed by atoms with E-state index in [-0.39, 0.29) is 29.3 Å². The van der Waals surface area contributed by atoms with Crippen LogP contribution in [-0.4, -0.2) is 23.2 Å². The topological polar surface area (TPSA) is 41.9 Å². The highest BCUT2D eigenvalue weighted by atomic mass is 35.5. The van der Waals surface area contributed by atoms with E-state index in [9.17, 15) is 4.79 Å². The van der Waals surface area contributed by atoms with Crippen LogP contribution in [-0.2, 0) is 10.2 Å². The largest absolute Gasteiger partial charge is 0.493 e. The van der Waals surface area contributed by atoms with Gasteiger partial charge < -0.3 is 4.74 Å². The van der Waals surface area contributed by atoms with Crippen LogP contribution in [0.25, 0.3) is 0 Å². The highest BCUT2D eigenvalue weighted by Crippen LogP contribution is 2.46. The first kappa shape index (κ1) is 27.2.